The van der Waals surface area contributed by atoms with Gasteiger partial charge in [-0.25, -0.2) is 0 Å². The second-order valence-electron chi connectivity index (χ2n) is 4.77. The Balaban J connectivity index is 1.68. The SMILES string of the molecule is O=C(CC1C=CCC1)NCC1(O)CCOC1. The van der Waals surface area contributed by atoms with Crippen molar-refractivity contribution < 1.29 is 14.6 Å². The Morgan fingerprint density at radius 2 is 2.50 bits per heavy atom. The van der Waals surface area contributed by atoms with Crippen molar-refractivity contribution in [3.8, 4) is 0 Å². The van der Waals surface area contributed by atoms with Gasteiger partial charge in [-0.15, -0.1) is 0 Å². The Bertz CT molecular complexity index is 282. The van der Waals surface area contributed by atoms with Crippen LogP contribution < -0.4 is 5.32 Å². The van der Waals surface area contributed by atoms with Gasteiger partial charge in [-0.1, -0.05) is 12.2 Å². The van der Waals surface area contributed by atoms with Gasteiger partial charge in [0.1, 0.15) is 5.60 Å². The van der Waals surface area contributed by atoms with Gasteiger partial charge < -0.3 is 15.2 Å². The van der Waals surface area contributed by atoms with Crippen molar-refractivity contribution in [1.29, 1.82) is 0 Å². The molecule has 2 aliphatic rings. The number of hydrogen-bond donors (Lipinski definition) is 2. The number of allylic oxidation sites excluding steroid dienone is 2. The van der Waals surface area contributed by atoms with E-state index in [0.29, 0.717) is 38.5 Å². The van der Waals surface area contributed by atoms with Gasteiger partial charge in [-0.05, 0) is 18.8 Å². The zero-order valence-electron chi connectivity index (χ0n) is 9.45. The Morgan fingerprint density at radius 3 is 3.12 bits per heavy atom. The summed E-state index contributed by atoms with van der Waals surface area (Å²) < 4.78 is 5.11. The number of nitrogens with one attached hydrogen (secondary N) is 1. The van der Waals surface area contributed by atoms with Gasteiger partial charge in [-0.2, -0.15) is 0 Å². The molecule has 2 unspecified atom stereocenters. The highest BCUT2D eigenvalue weighted by Gasteiger charge is 2.32. The topological polar surface area (TPSA) is 58.6 Å². The van der Waals surface area contributed by atoms with Crippen LogP contribution in [0.25, 0.3) is 0 Å². The molecule has 1 saturated heterocycles. The minimum atomic E-state index is -0.846. The molecule has 2 N–H and O–H groups in total. The first-order valence-electron chi connectivity index (χ1n) is 5.91. The van der Waals surface area contributed by atoms with E-state index in [1.165, 1.54) is 0 Å². The molecule has 4 heteroatoms. The number of hydrogen-bond acceptors (Lipinski definition) is 3. The van der Waals surface area contributed by atoms with Gasteiger partial charge in [0.25, 0.3) is 0 Å². The first kappa shape index (κ1) is 11.6. The van der Waals surface area contributed by atoms with E-state index in [4.69, 9.17) is 4.74 Å². The highest BCUT2D eigenvalue weighted by Crippen LogP contribution is 2.20. The van der Waals surface area contributed by atoms with Crippen molar-refractivity contribution in [3.63, 3.8) is 0 Å². The maximum atomic E-state index is 11.6. The van der Waals surface area contributed by atoms with Crippen molar-refractivity contribution in [2.45, 2.75) is 31.3 Å². The second-order valence-corrected chi connectivity index (χ2v) is 4.77. The van der Waals surface area contributed by atoms with Crippen LogP contribution in [0.1, 0.15) is 25.7 Å². The fourth-order valence-corrected chi connectivity index (χ4v) is 2.17. The highest BCUT2D eigenvalue weighted by molar-refractivity contribution is 5.76. The van der Waals surface area contributed by atoms with Gasteiger partial charge in [0.05, 0.1) is 6.61 Å². The molecule has 0 radical (unpaired) electrons. The van der Waals surface area contributed by atoms with Crippen LogP contribution in [0.4, 0.5) is 0 Å². The van der Waals surface area contributed by atoms with Gasteiger partial charge in [0, 0.05) is 26.0 Å². The molecule has 0 aromatic carbocycles. The van der Waals surface area contributed by atoms with Crippen LogP contribution >= 0.6 is 0 Å². The summed E-state index contributed by atoms with van der Waals surface area (Å²) in [5, 5.41) is 12.7. The minimum absolute atomic E-state index is 0.0249. The summed E-state index contributed by atoms with van der Waals surface area (Å²) in [6.45, 7) is 1.22. The molecule has 4 nitrogen and oxygen atoms in total. The summed E-state index contributed by atoms with van der Waals surface area (Å²) in [6.07, 6.45) is 7.52. The molecule has 0 bridgehead atoms. The average Bonchev–Trinajstić information content (AvgIpc) is 2.88. The third-order valence-electron chi connectivity index (χ3n) is 3.26. The van der Waals surface area contributed by atoms with Crippen molar-refractivity contribution >= 4 is 5.91 Å². The van der Waals surface area contributed by atoms with Gasteiger partial charge in [0.15, 0.2) is 0 Å². The average molecular weight is 225 g/mol. The first-order valence-corrected chi connectivity index (χ1v) is 5.91. The number of aliphatic hydroxyl groups is 1. The molecule has 16 heavy (non-hydrogen) atoms. The number of amides is 1. The van der Waals surface area contributed by atoms with E-state index < -0.39 is 5.60 Å². The van der Waals surface area contributed by atoms with Crippen LogP contribution in [0, 0.1) is 5.92 Å². The first-order chi connectivity index (χ1) is 7.68. The zero-order valence-corrected chi connectivity index (χ0v) is 9.45. The molecule has 1 fully saturated rings. The fourth-order valence-electron chi connectivity index (χ4n) is 2.17. The molecule has 90 valence electrons. The van der Waals surface area contributed by atoms with Crippen molar-refractivity contribution in [2.75, 3.05) is 19.8 Å². The smallest absolute Gasteiger partial charge is 0.220 e. The highest BCUT2D eigenvalue weighted by atomic mass is 16.5. The zero-order chi connectivity index (χ0) is 11.4. The van der Waals surface area contributed by atoms with Crippen molar-refractivity contribution in [3.05, 3.63) is 12.2 Å². The largest absolute Gasteiger partial charge is 0.386 e. The predicted molar refractivity (Wildman–Crippen MR) is 59.9 cm³/mol. The predicted octanol–water partition coefficient (Wildman–Crippen LogP) is 0.610. The molecular weight excluding hydrogens is 206 g/mol. The molecule has 1 amide bonds. The van der Waals surface area contributed by atoms with E-state index in [-0.39, 0.29) is 5.91 Å². The van der Waals surface area contributed by atoms with E-state index in [0.717, 1.165) is 12.8 Å². The quantitative estimate of drug-likeness (QED) is 0.689. The summed E-state index contributed by atoms with van der Waals surface area (Å²) >= 11 is 0. The van der Waals surface area contributed by atoms with E-state index in [9.17, 15) is 9.90 Å². The maximum absolute atomic E-state index is 11.6. The number of ether oxygens (including phenoxy) is 1. The Hall–Kier alpha value is -0.870. The molecule has 1 heterocycles. The summed E-state index contributed by atoms with van der Waals surface area (Å²) in [4.78, 5) is 11.6. The molecule has 1 aliphatic heterocycles. The summed E-state index contributed by atoms with van der Waals surface area (Å²) in [7, 11) is 0. The molecular formula is C12H19NO3. The Morgan fingerprint density at radius 1 is 1.62 bits per heavy atom. The normalized spacial score (nSPS) is 33.2. The lowest BCUT2D eigenvalue weighted by Gasteiger charge is -2.21. The van der Waals surface area contributed by atoms with Crippen LogP contribution in [0.3, 0.4) is 0 Å². The standard InChI is InChI=1S/C12H19NO3/c14-11(7-10-3-1-2-4-10)13-8-12(15)5-6-16-9-12/h1,3,10,15H,2,4-9H2,(H,13,14). The third-order valence-corrected chi connectivity index (χ3v) is 3.26. The minimum Gasteiger partial charge on any atom is -0.386 e. The molecule has 0 aromatic rings. The van der Waals surface area contributed by atoms with Gasteiger partial charge in [-0.3, -0.25) is 4.79 Å². The van der Waals surface area contributed by atoms with E-state index in [2.05, 4.69) is 17.5 Å². The maximum Gasteiger partial charge on any atom is 0.220 e. The van der Waals surface area contributed by atoms with E-state index in [1.807, 2.05) is 0 Å². The Labute approximate surface area is 95.7 Å². The molecule has 2 atom stereocenters. The lowest BCUT2D eigenvalue weighted by molar-refractivity contribution is -0.123. The van der Waals surface area contributed by atoms with Crippen molar-refractivity contribution in [2.24, 2.45) is 5.92 Å². The van der Waals surface area contributed by atoms with Crippen LogP contribution in [0.2, 0.25) is 0 Å². The van der Waals surface area contributed by atoms with Crippen LogP contribution in [-0.2, 0) is 9.53 Å². The molecule has 0 spiro atoms. The number of carbonyl (C=O) groups excluding carboxylic acids is 1. The molecule has 0 aromatic heterocycles. The number of rotatable bonds is 4. The summed E-state index contributed by atoms with van der Waals surface area (Å²) in [5.74, 6) is 0.409. The van der Waals surface area contributed by atoms with E-state index >= 15 is 0 Å². The number of carbonyl (C=O) groups is 1. The second kappa shape index (κ2) is 4.97. The lowest BCUT2D eigenvalue weighted by Crippen LogP contribution is -2.43. The van der Waals surface area contributed by atoms with Crippen LogP contribution in [-0.4, -0.2) is 36.4 Å². The van der Waals surface area contributed by atoms with Gasteiger partial charge in [0.2, 0.25) is 5.91 Å². The third kappa shape index (κ3) is 3.06. The molecule has 2 rings (SSSR count). The van der Waals surface area contributed by atoms with E-state index in [1.54, 1.807) is 0 Å². The van der Waals surface area contributed by atoms with Crippen molar-refractivity contribution in [1.82, 2.24) is 5.32 Å². The molecule has 1 aliphatic carbocycles. The van der Waals surface area contributed by atoms with Crippen LogP contribution in [0.5, 0.6) is 0 Å². The monoisotopic (exact) mass is 225 g/mol. The van der Waals surface area contributed by atoms with Crippen LogP contribution in [0.15, 0.2) is 12.2 Å². The fraction of sp³-hybridized carbons (Fsp3) is 0.750. The Kier molecular flexibility index (Phi) is 3.61. The summed E-state index contributed by atoms with van der Waals surface area (Å²) in [5.41, 5.74) is -0.846. The molecule has 0 saturated carbocycles. The lowest BCUT2D eigenvalue weighted by atomic mass is 10.0. The summed E-state index contributed by atoms with van der Waals surface area (Å²) in [6, 6.07) is 0. The van der Waals surface area contributed by atoms with Gasteiger partial charge >= 0.3 is 0 Å².